The Bertz CT molecular complexity index is 1070. The zero-order valence-electron chi connectivity index (χ0n) is 15.3. The molecule has 0 saturated carbocycles. The lowest BCUT2D eigenvalue weighted by atomic mass is 10.0. The average molecular weight is 465 g/mol. The van der Waals surface area contributed by atoms with E-state index in [1.807, 2.05) is 0 Å². The molecule has 3 N–H and O–H groups in total. The first-order valence-electron chi connectivity index (χ1n) is 8.54. The number of nitrogens with one attached hydrogen (secondary N) is 3. The maximum atomic E-state index is 13.3. The van der Waals surface area contributed by atoms with Gasteiger partial charge in [0.15, 0.2) is 11.4 Å². The summed E-state index contributed by atoms with van der Waals surface area (Å²) in [4.78, 5) is 12.7. The number of halogens is 3. The first-order chi connectivity index (χ1) is 13.2. The Labute approximate surface area is 178 Å². The molecule has 1 fully saturated rings. The first-order valence-corrected chi connectivity index (χ1v) is 10.4. The number of anilines is 1. The number of rotatable bonds is 2. The normalized spacial score (nSPS) is 22.3. The van der Waals surface area contributed by atoms with Gasteiger partial charge < -0.3 is 19.9 Å². The van der Waals surface area contributed by atoms with Crippen LogP contribution < -0.4 is 20.1 Å². The van der Waals surface area contributed by atoms with Crippen molar-refractivity contribution >= 4 is 45.6 Å². The van der Waals surface area contributed by atoms with Crippen molar-refractivity contribution in [2.45, 2.75) is 16.9 Å². The van der Waals surface area contributed by atoms with E-state index in [4.69, 9.17) is 16.3 Å². The van der Waals surface area contributed by atoms with Gasteiger partial charge in [0, 0.05) is 25.5 Å². The number of sulfonamides is 1. The summed E-state index contributed by atoms with van der Waals surface area (Å²) in [7, 11) is -2.33. The number of benzene rings is 1. The summed E-state index contributed by atoms with van der Waals surface area (Å²) in [6.45, 7) is 1.21. The molecule has 0 bridgehead atoms. The van der Waals surface area contributed by atoms with Gasteiger partial charge in [0.25, 0.3) is 5.91 Å². The summed E-state index contributed by atoms with van der Waals surface area (Å²) in [6, 6.07) is 3.76. The Kier molecular flexibility index (Phi) is 5.85. The molecule has 12 heteroatoms. The summed E-state index contributed by atoms with van der Waals surface area (Å²) >= 11 is 5.75. The Balaban J connectivity index is 0.00000240. The minimum atomic E-state index is -3.88. The fourth-order valence-corrected chi connectivity index (χ4v) is 5.26. The molecule has 4 rings (SSSR count). The maximum absolute atomic E-state index is 13.3. The monoisotopic (exact) mass is 464 g/mol. The molecule has 1 atom stereocenters. The van der Waals surface area contributed by atoms with Crippen molar-refractivity contribution in [3.63, 3.8) is 0 Å². The number of hydrogen-bond donors (Lipinski definition) is 3. The van der Waals surface area contributed by atoms with Crippen LogP contribution in [0.2, 0.25) is 5.02 Å². The lowest BCUT2D eigenvalue weighted by molar-refractivity contribution is 0.101. The number of hydrogen-bond acceptors (Lipinski definition) is 5. The van der Waals surface area contributed by atoms with Crippen LogP contribution in [0.4, 0.5) is 10.1 Å². The van der Waals surface area contributed by atoms with Crippen molar-refractivity contribution in [3.8, 4) is 5.75 Å². The fraction of sp³-hybridized carbons (Fsp3) is 0.353. The SMILES string of the molecule is Cl.Cn1cc2c(c1C(=O)Nc1ccc(F)c(Cl)c1)OC[C@@]1(CCNC1)NS2(=O)=O. The van der Waals surface area contributed by atoms with Gasteiger partial charge in [0.1, 0.15) is 17.3 Å². The minimum absolute atomic E-state index is 0. The number of aryl methyl sites for hydroxylation is 1. The second-order valence-electron chi connectivity index (χ2n) is 6.97. The maximum Gasteiger partial charge on any atom is 0.276 e. The van der Waals surface area contributed by atoms with E-state index in [0.29, 0.717) is 19.5 Å². The summed E-state index contributed by atoms with van der Waals surface area (Å²) in [5, 5.41) is 5.58. The van der Waals surface area contributed by atoms with Crippen molar-refractivity contribution in [2.24, 2.45) is 7.05 Å². The Morgan fingerprint density at radius 3 is 2.83 bits per heavy atom. The first kappa shape index (κ1) is 21.8. The second kappa shape index (κ2) is 7.77. The van der Waals surface area contributed by atoms with Crippen LogP contribution >= 0.6 is 24.0 Å². The molecule has 2 aliphatic heterocycles. The van der Waals surface area contributed by atoms with Crippen LogP contribution in [0.15, 0.2) is 29.3 Å². The van der Waals surface area contributed by atoms with E-state index in [1.165, 1.54) is 22.9 Å². The third-order valence-corrected chi connectivity index (χ3v) is 6.73. The highest BCUT2D eigenvalue weighted by Gasteiger charge is 2.44. The zero-order chi connectivity index (χ0) is 20.1. The van der Waals surface area contributed by atoms with Crippen LogP contribution in [-0.2, 0) is 17.1 Å². The van der Waals surface area contributed by atoms with Crippen molar-refractivity contribution in [1.82, 2.24) is 14.6 Å². The van der Waals surface area contributed by atoms with Gasteiger partial charge in [-0.1, -0.05) is 11.6 Å². The summed E-state index contributed by atoms with van der Waals surface area (Å²) < 4.78 is 49.0. The van der Waals surface area contributed by atoms with Gasteiger partial charge in [-0.3, -0.25) is 4.79 Å². The number of carbonyl (C=O) groups is 1. The predicted octanol–water partition coefficient (Wildman–Crippen LogP) is 1.89. The van der Waals surface area contributed by atoms with E-state index >= 15 is 0 Å². The van der Waals surface area contributed by atoms with Gasteiger partial charge in [0.05, 0.1) is 10.6 Å². The van der Waals surface area contributed by atoms with Gasteiger partial charge in [-0.25, -0.2) is 17.5 Å². The smallest absolute Gasteiger partial charge is 0.276 e. The van der Waals surface area contributed by atoms with Gasteiger partial charge in [-0.15, -0.1) is 12.4 Å². The van der Waals surface area contributed by atoms with Crippen LogP contribution in [0.1, 0.15) is 16.9 Å². The average Bonchev–Trinajstić information content (AvgIpc) is 3.18. The fourth-order valence-electron chi connectivity index (χ4n) is 3.47. The Morgan fingerprint density at radius 1 is 1.41 bits per heavy atom. The van der Waals surface area contributed by atoms with E-state index < -0.39 is 27.3 Å². The standard InChI is InChI=1S/C17H18ClFN4O4S.ClH/c1-23-7-13-15(27-9-17(4-5-20-8-17)22-28(13,25)26)14(23)16(24)21-10-2-3-12(19)11(18)6-10;/h2-3,6-7,20,22H,4-5,8-9H2,1H3,(H,21,24);1H/t17-;/m0./s1. The quantitative estimate of drug-likeness (QED) is 0.629. The molecule has 1 spiro atoms. The van der Waals surface area contributed by atoms with Crippen LogP contribution in [0.25, 0.3) is 0 Å². The molecule has 1 aromatic carbocycles. The second-order valence-corrected chi connectivity index (χ2v) is 9.02. The lowest BCUT2D eigenvalue weighted by Gasteiger charge is -2.26. The Morgan fingerprint density at radius 2 is 2.17 bits per heavy atom. The Hall–Kier alpha value is -1.85. The molecule has 2 aliphatic rings. The zero-order valence-corrected chi connectivity index (χ0v) is 17.7. The minimum Gasteiger partial charge on any atom is -0.488 e. The lowest BCUT2D eigenvalue weighted by Crippen LogP contribution is -2.52. The highest BCUT2D eigenvalue weighted by atomic mass is 35.5. The van der Waals surface area contributed by atoms with Gasteiger partial charge >= 0.3 is 0 Å². The molecule has 1 aromatic heterocycles. The van der Waals surface area contributed by atoms with E-state index in [2.05, 4.69) is 15.4 Å². The number of nitrogens with zero attached hydrogens (tertiary/aromatic N) is 1. The molecule has 0 unspecified atom stereocenters. The summed E-state index contributed by atoms with van der Waals surface area (Å²) in [5.74, 6) is -1.21. The third-order valence-electron chi connectivity index (χ3n) is 4.87. The highest BCUT2D eigenvalue weighted by Crippen LogP contribution is 2.35. The van der Waals surface area contributed by atoms with Crippen LogP contribution in [0.5, 0.6) is 5.75 Å². The molecular formula is C17H19Cl2FN4O4S. The molecular weight excluding hydrogens is 446 g/mol. The number of carbonyl (C=O) groups excluding carboxylic acids is 1. The molecule has 8 nitrogen and oxygen atoms in total. The van der Waals surface area contributed by atoms with E-state index in [-0.39, 0.29) is 46.1 Å². The molecule has 0 aliphatic carbocycles. The number of ether oxygens (including phenoxy) is 1. The molecule has 3 heterocycles. The number of amides is 1. The molecule has 158 valence electrons. The third kappa shape index (κ3) is 3.95. The predicted molar refractivity (Wildman–Crippen MR) is 108 cm³/mol. The van der Waals surface area contributed by atoms with Gasteiger partial charge in [-0.05, 0) is 31.2 Å². The van der Waals surface area contributed by atoms with Gasteiger partial charge in [0.2, 0.25) is 10.0 Å². The summed E-state index contributed by atoms with van der Waals surface area (Å²) in [6.07, 6.45) is 1.92. The van der Waals surface area contributed by atoms with E-state index in [9.17, 15) is 17.6 Å². The van der Waals surface area contributed by atoms with Gasteiger partial charge in [-0.2, -0.15) is 0 Å². The molecule has 0 radical (unpaired) electrons. The molecule has 29 heavy (non-hydrogen) atoms. The van der Waals surface area contributed by atoms with Crippen LogP contribution in [0, 0.1) is 5.82 Å². The van der Waals surface area contributed by atoms with Crippen molar-refractivity contribution in [2.75, 3.05) is 25.0 Å². The van der Waals surface area contributed by atoms with E-state index in [1.54, 1.807) is 7.05 Å². The van der Waals surface area contributed by atoms with Crippen LogP contribution in [0.3, 0.4) is 0 Å². The topological polar surface area (TPSA) is 101 Å². The number of aromatic nitrogens is 1. The highest BCUT2D eigenvalue weighted by molar-refractivity contribution is 7.89. The van der Waals surface area contributed by atoms with Crippen molar-refractivity contribution in [3.05, 3.63) is 40.9 Å². The van der Waals surface area contributed by atoms with Crippen molar-refractivity contribution < 1.29 is 22.3 Å². The van der Waals surface area contributed by atoms with Crippen molar-refractivity contribution in [1.29, 1.82) is 0 Å². The largest absolute Gasteiger partial charge is 0.488 e. The number of fused-ring (bicyclic) bond motifs is 1. The van der Waals surface area contributed by atoms with Crippen LogP contribution in [-0.4, -0.2) is 44.1 Å². The van der Waals surface area contributed by atoms with E-state index in [0.717, 1.165) is 6.07 Å². The molecule has 1 amide bonds. The molecule has 1 saturated heterocycles. The summed E-state index contributed by atoms with van der Waals surface area (Å²) in [5.41, 5.74) is -0.428. The molecule has 2 aromatic rings.